The molecule has 0 heterocycles. The zero-order valence-corrected chi connectivity index (χ0v) is 27.6. The molecule has 1 N–H and O–H groups in total. The highest BCUT2D eigenvalue weighted by Crippen LogP contribution is 2.37. The van der Waals surface area contributed by atoms with Gasteiger partial charge in [0.1, 0.15) is 12.6 Å². The van der Waals surface area contributed by atoms with Crippen molar-refractivity contribution in [1.29, 1.82) is 0 Å². The molecule has 0 fully saturated rings. The van der Waals surface area contributed by atoms with Crippen molar-refractivity contribution in [2.75, 3.05) is 17.4 Å². The van der Waals surface area contributed by atoms with Gasteiger partial charge < -0.3 is 10.2 Å². The van der Waals surface area contributed by atoms with Crippen LogP contribution in [0.15, 0.2) is 108 Å². The minimum atomic E-state index is -4.83. The van der Waals surface area contributed by atoms with Crippen LogP contribution in [0.4, 0.5) is 18.9 Å². The molecule has 0 saturated carbocycles. The number of hydrogen-bond donors (Lipinski definition) is 1. The summed E-state index contributed by atoms with van der Waals surface area (Å²) in [6, 6.07) is 23.6. The fourth-order valence-corrected chi connectivity index (χ4v) is 6.79. The molecule has 0 aliphatic carbocycles. The van der Waals surface area contributed by atoms with E-state index in [1.54, 1.807) is 60.7 Å². The molecule has 0 radical (unpaired) electrons. The molecule has 2 amide bonds. The first kappa shape index (κ1) is 35.8. The van der Waals surface area contributed by atoms with E-state index in [-0.39, 0.29) is 22.9 Å². The number of anilines is 1. The van der Waals surface area contributed by atoms with Crippen molar-refractivity contribution in [3.05, 3.63) is 130 Å². The first-order valence-corrected chi connectivity index (χ1v) is 16.8. The molecular weight excluding hydrogens is 674 g/mol. The Morgan fingerprint density at radius 1 is 0.851 bits per heavy atom. The van der Waals surface area contributed by atoms with Crippen LogP contribution in [0.2, 0.25) is 10.0 Å². The molecule has 4 aromatic rings. The number of benzene rings is 4. The number of rotatable bonds is 13. The van der Waals surface area contributed by atoms with Gasteiger partial charge in [0.2, 0.25) is 11.8 Å². The van der Waals surface area contributed by atoms with Crippen molar-refractivity contribution in [2.45, 2.75) is 43.4 Å². The number of hydrogen-bond acceptors (Lipinski definition) is 4. The van der Waals surface area contributed by atoms with Crippen molar-refractivity contribution in [3.63, 3.8) is 0 Å². The van der Waals surface area contributed by atoms with Gasteiger partial charge >= 0.3 is 6.18 Å². The molecule has 7 nitrogen and oxygen atoms in total. The molecular formula is C34H32Cl2F3N3O4S. The summed E-state index contributed by atoms with van der Waals surface area (Å²) in [5.41, 5.74) is -0.435. The Morgan fingerprint density at radius 3 is 2.11 bits per heavy atom. The van der Waals surface area contributed by atoms with Crippen LogP contribution >= 0.6 is 23.2 Å². The van der Waals surface area contributed by atoms with Crippen molar-refractivity contribution in [3.8, 4) is 0 Å². The fraction of sp³-hybridized carbons (Fsp3) is 0.235. The quantitative estimate of drug-likeness (QED) is 0.157. The Morgan fingerprint density at radius 2 is 1.49 bits per heavy atom. The van der Waals surface area contributed by atoms with Gasteiger partial charge in [-0.15, -0.1) is 0 Å². The predicted molar refractivity (Wildman–Crippen MR) is 177 cm³/mol. The van der Waals surface area contributed by atoms with Crippen LogP contribution in [-0.4, -0.2) is 44.3 Å². The Balaban J connectivity index is 1.86. The molecule has 4 aromatic carbocycles. The monoisotopic (exact) mass is 705 g/mol. The van der Waals surface area contributed by atoms with Crippen LogP contribution in [0.3, 0.4) is 0 Å². The molecule has 0 saturated heterocycles. The van der Waals surface area contributed by atoms with E-state index in [1.165, 1.54) is 29.2 Å². The van der Waals surface area contributed by atoms with Crippen molar-refractivity contribution in [1.82, 2.24) is 10.2 Å². The molecule has 0 aliphatic rings. The van der Waals surface area contributed by atoms with Crippen LogP contribution in [0.25, 0.3) is 0 Å². The maximum Gasteiger partial charge on any atom is 0.416 e. The van der Waals surface area contributed by atoms with Gasteiger partial charge in [0.15, 0.2) is 0 Å². The van der Waals surface area contributed by atoms with Crippen LogP contribution in [0.5, 0.6) is 0 Å². The van der Waals surface area contributed by atoms with E-state index in [0.717, 1.165) is 17.7 Å². The number of halogens is 5. The van der Waals surface area contributed by atoms with Crippen LogP contribution in [0, 0.1) is 0 Å². The van der Waals surface area contributed by atoms with Crippen LogP contribution < -0.4 is 9.62 Å². The number of carbonyl (C=O) groups is 2. The Labute approximate surface area is 282 Å². The van der Waals surface area contributed by atoms with E-state index >= 15 is 0 Å². The number of alkyl halides is 3. The van der Waals surface area contributed by atoms with Crippen LogP contribution in [0.1, 0.15) is 30.0 Å². The summed E-state index contributed by atoms with van der Waals surface area (Å²) >= 11 is 12.6. The molecule has 0 aromatic heterocycles. The van der Waals surface area contributed by atoms with Gasteiger partial charge in [-0.2, -0.15) is 13.2 Å². The predicted octanol–water partition coefficient (Wildman–Crippen LogP) is 7.37. The highest BCUT2D eigenvalue weighted by atomic mass is 35.5. The van der Waals surface area contributed by atoms with E-state index in [0.29, 0.717) is 33.9 Å². The topological polar surface area (TPSA) is 86.8 Å². The fourth-order valence-electron chi connectivity index (χ4n) is 4.87. The first-order valence-electron chi connectivity index (χ1n) is 14.6. The third-order valence-corrected chi connectivity index (χ3v) is 9.54. The zero-order chi connectivity index (χ0) is 34.2. The van der Waals surface area contributed by atoms with Gasteiger partial charge in [0.25, 0.3) is 10.0 Å². The second-order valence-corrected chi connectivity index (χ2v) is 13.3. The Bertz CT molecular complexity index is 1790. The van der Waals surface area contributed by atoms with E-state index in [2.05, 4.69) is 5.32 Å². The van der Waals surface area contributed by atoms with Gasteiger partial charge in [-0.1, -0.05) is 90.8 Å². The molecule has 4 rings (SSSR count). The lowest BCUT2D eigenvalue weighted by atomic mass is 10.0. The van der Waals surface area contributed by atoms with Crippen LogP contribution in [-0.2, 0) is 38.8 Å². The number of sulfonamides is 1. The van der Waals surface area contributed by atoms with E-state index in [4.69, 9.17) is 23.2 Å². The van der Waals surface area contributed by atoms with Gasteiger partial charge in [0.05, 0.1) is 21.2 Å². The third kappa shape index (κ3) is 9.27. The highest BCUT2D eigenvalue weighted by molar-refractivity contribution is 7.92. The summed E-state index contributed by atoms with van der Waals surface area (Å²) in [6.45, 7) is 1.06. The third-order valence-electron chi connectivity index (χ3n) is 7.21. The number of nitrogens with zero attached hydrogens (tertiary/aromatic N) is 2. The minimum Gasteiger partial charge on any atom is -0.354 e. The molecule has 1 atom stereocenters. The average molecular weight is 707 g/mol. The molecule has 0 bridgehead atoms. The van der Waals surface area contributed by atoms with Gasteiger partial charge in [-0.3, -0.25) is 13.9 Å². The molecule has 248 valence electrons. The molecule has 13 heteroatoms. The Hall–Kier alpha value is -4.06. The molecule has 0 spiro atoms. The van der Waals surface area contributed by atoms with Gasteiger partial charge in [0, 0.05) is 24.5 Å². The van der Waals surface area contributed by atoms with Crippen molar-refractivity contribution in [2.24, 2.45) is 0 Å². The van der Waals surface area contributed by atoms with Gasteiger partial charge in [-0.25, -0.2) is 8.42 Å². The smallest absolute Gasteiger partial charge is 0.354 e. The van der Waals surface area contributed by atoms with E-state index in [1.807, 2.05) is 6.92 Å². The number of amides is 2. The van der Waals surface area contributed by atoms with E-state index < -0.39 is 51.9 Å². The summed E-state index contributed by atoms with van der Waals surface area (Å²) in [5, 5.41) is 2.87. The summed E-state index contributed by atoms with van der Waals surface area (Å²) in [4.78, 5) is 29.1. The number of carbonyl (C=O) groups excluding carboxylic acids is 2. The number of nitrogens with one attached hydrogen (secondary N) is 1. The summed E-state index contributed by atoms with van der Waals surface area (Å²) in [5.74, 6) is -1.34. The molecule has 0 aliphatic heterocycles. The maximum atomic E-state index is 14.4. The minimum absolute atomic E-state index is 0.0679. The highest BCUT2D eigenvalue weighted by Gasteiger charge is 2.37. The second-order valence-electron chi connectivity index (χ2n) is 10.6. The summed E-state index contributed by atoms with van der Waals surface area (Å²) in [7, 11) is -4.65. The van der Waals surface area contributed by atoms with E-state index in [9.17, 15) is 31.2 Å². The average Bonchev–Trinajstić information content (AvgIpc) is 3.04. The SMILES string of the molecule is CCCNC(=O)[C@@H](Cc1ccccc1)N(Cc1cccc(Cl)c1)C(=O)CN(c1cc(C(F)(F)F)ccc1Cl)S(=O)(=O)c1ccccc1. The molecule has 47 heavy (non-hydrogen) atoms. The van der Waals surface area contributed by atoms with Crippen molar-refractivity contribution < 1.29 is 31.2 Å². The maximum absolute atomic E-state index is 14.4. The standard InChI is InChI=1S/C34H32Cl2F3N3O4S/c1-2-18-40-33(44)31(20-24-10-5-3-6-11-24)41(22-25-12-9-13-27(35)19-25)32(43)23-42(47(45,46)28-14-7-4-8-15-28)30-21-26(34(37,38)39)16-17-29(30)36/h3-17,19,21,31H,2,18,20,22-23H2,1H3,(H,40,44)/t31-/m1/s1. The normalized spacial score (nSPS) is 12.3. The second kappa shape index (κ2) is 15.7. The summed E-state index contributed by atoms with van der Waals surface area (Å²) in [6.07, 6.45) is -4.15. The lowest BCUT2D eigenvalue weighted by molar-refractivity contribution is -0.140. The summed E-state index contributed by atoms with van der Waals surface area (Å²) < 4.78 is 70.1. The Kier molecular flexibility index (Phi) is 11.9. The first-order chi connectivity index (χ1) is 22.3. The largest absolute Gasteiger partial charge is 0.416 e. The molecule has 0 unspecified atom stereocenters. The van der Waals surface area contributed by atoms with Gasteiger partial charge in [-0.05, 0) is 60.0 Å². The van der Waals surface area contributed by atoms with Crippen molar-refractivity contribution >= 4 is 50.7 Å². The zero-order valence-electron chi connectivity index (χ0n) is 25.3. The lowest BCUT2D eigenvalue weighted by Crippen LogP contribution is -2.53. The lowest BCUT2D eigenvalue weighted by Gasteiger charge is -2.34.